The Hall–Kier alpha value is -3.01. The quantitative estimate of drug-likeness (QED) is 0.531. The summed E-state index contributed by atoms with van der Waals surface area (Å²) in [6, 6.07) is 6.18. The lowest BCUT2D eigenvalue weighted by Crippen LogP contribution is -2.14. The highest BCUT2D eigenvalue weighted by atomic mass is 35.5. The molecule has 0 amide bonds. The van der Waals surface area contributed by atoms with Crippen molar-refractivity contribution < 1.29 is 14.6 Å². The van der Waals surface area contributed by atoms with E-state index in [0.717, 1.165) is 0 Å². The van der Waals surface area contributed by atoms with Gasteiger partial charge in [0, 0.05) is 23.0 Å². The van der Waals surface area contributed by atoms with Gasteiger partial charge in [0.15, 0.2) is 5.69 Å². The summed E-state index contributed by atoms with van der Waals surface area (Å²) in [5, 5.41) is 10.6. The lowest BCUT2D eigenvalue weighted by molar-refractivity contribution is 0.0589. The molecule has 0 spiro atoms. The summed E-state index contributed by atoms with van der Waals surface area (Å²) in [5.74, 6) is 2.17. The number of phenolic OH excluding ortho intramolecular Hbond substituents is 1. The lowest BCUT2D eigenvalue weighted by atomic mass is 10.2. The van der Waals surface area contributed by atoms with Gasteiger partial charge in [-0.25, -0.2) is 9.78 Å². The van der Waals surface area contributed by atoms with E-state index in [2.05, 4.69) is 15.9 Å². The molecular weight excluding hydrogens is 389 g/mol. The third kappa shape index (κ3) is 3.75. The van der Waals surface area contributed by atoms with Gasteiger partial charge >= 0.3 is 5.97 Å². The molecule has 2 heterocycles. The predicted molar refractivity (Wildman–Crippen MR) is 102 cm³/mol. The molecule has 3 aromatic rings. The number of benzene rings is 1. The second kappa shape index (κ2) is 7.70. The fourth-order valence-electron chi connectivity index (χ4n) is 2.62. The Morgan fingerprint density at radius 2 is 2.11 bits per heavy atom. The number of carbonyl (C=O) groups excluding carboxylic acids is 1. The highest BCUT2D eigenvalue weighted by molar-refractivity contribution is 6.31. The van der Waals surface area contributed by atoms with Crippen LogP contribution in [0.3, 0.4) is 0 Å². The maximum atomic E-state index is 12.4. The van der Waals surface area contributed by atoms with Crippen LogP contribution in [0.2, 0.25) is 10.0 Å². The van der Waals surface area contributed by atoms with E-state index in [4.69, 9.17) is 34.4 Å². The first kappa shape index (κ1) is 18.8. The fraction of sp³-hybridized carbons (Fsp3) is 0.105. The van der Waals surface area contributed by atoms with Gasteiger partial charge < -0.3 is 14.4 Å². The zero-order chi connectivity index (χ0) is 19.6. The van der Waals surface area contributed by atoms with Gasteiger partial charge in [-0.1, -0.05) is 23.2 Å². The third-order valence-electron chi connectivity index (χ3n) is 3.80. The topological polar surface area (TPSA) is 77.2 Å². The number of phenols is 1. The van der Waals surface area contributed by atoms with Crippen LogP contribution < -0.4 is 0 Å². The van der Waals surface area contributed by atoms with Gasteiger partial charge in [0.2, 0.25) is 0 Å². The van der Waals surface area contributed by atoms with Crippen LogP contribution in [0.4, 0.5) is 0 Å². The first-order chi connectivity index (χ1) is 12.9. The molecule has 136 valence electrons. The van der Waals surface area contributed by atoms with Crippen molar-refractivity contribution in [2.24, 2.45) is 0 Å². The number of nitrogens with zero attached hydrogens (tertiary/aromatic N) is 3. The molecule has 1 N–H and O–H groups in total. The van der Waals surface area contributed by atoms with Crippen molar-refractivity contribution in [2.75, 3.05) is 7.11 Å². The first-order valence-electron chi connectivity index (χ1n) is 7.68. The number of halogens is 2. The second-order valence-electron chi connectivity index (χ2n) is 5.52. The van der Waals surface area contributed by atoms with Crippen molar-refractivity contribution in [1.82, 2.24) is 14.5 Å². The van der Waals surface area contributed by atoms with E-state index in [1.807, 2.05) is 0 Å². The maximum absolute atomic E-state index is 12.4. The Morgan fingerprint density at radius 1 is 1.33 bits per heavy atom. The molecule has 0 fully saturated rings. The number of pyridine rings is 1. The summed E-state index contributed by atoms with van der Waals surface area (Å²) in [5.41, 5.74) is 1.34. The molecule has 0 saturated heterocycles. The highest BCUT2D eigenvalue weighted by Crippen LogP contribution is 2.28. The summed E-state index contributed by atoms with van der Waals surface area (Å²) in [4.78, 5) is 20.8. The van der Waals surface area contributed by atoms with Gasteiger partial charge in [-0.05, 0) is 35.7 Å². The average molecular weight is 402 g/mol. The zero-order valence-corrected chi connectivity index (χ0v) is 15.6. The van der Waals surface area contributed by atoms with E-state index in [9.17, 15) is 9.90 Å². The minimum Gasteiger partial charge on any atom is -0.508 e. The number of aromatic hydroxyl groups is 1. The Morgan fingerprint density at radius 3 is 2.78 bits per heavy atom. The van der Waals surface area contributed by atoms with Gasteiger partial charge in [0.05, 0.1) is 18.7 Å². The van der Waals surface area contributed by atoms with Crippen LogP contribution in [0.25, 0.3) is 11.4 Å². The molecule has 3 rings (SSSR count). The van der Waals surface area contributed by atoms with Crippen LogP contribution in [-0.2, 0) is 11.3 Å². The third-order valence-corrected chi connectivity index (χ3v) is 4.38. The molecule has 0 atom stereocenters. The molecule has 0 bridgehead atoms. The number of carbonyl (C=O) groups is 1. The minimum atomic E-state index is -0.645. The Labute approximate surface area is 165 Å². The van der Waals surface area contributed by atoms with Crippen molar-refractivity contribution in [3.63, 3.8) is 0 Å². The van der Waals surface area contributed by atoms with Crippen molar-refractivity contribution in [3.05, 3.63) is 63.7 Å². The molecule has 0 aliphatic rings. The van der Waals surface area contributed by atoms with E-state index in [1.165, 1.54) is 25.4 Å². The Kier molecular flexibility index (Phi) is 5.36. The van der Waals surface area contributed by atoms with Crippen molar-refractivity contribution in [1.29, 1.82) is 0 Å². The van der Waals surface area contributed by atoms with Gasteiger partial charge in [0.25, 0.3) is 0 Å². The minimum absolute atomic E-state index is 0.0391. The van der Waals surface area contributed by atoms with E-state index < -0.39 is 5.97 Å². The fourth-order valence-corrected chi connectivity index (χ4v) is 2.97. The van der Waals surface area contributed by atoms with Crippen LogP contribution in [0.1, 0.15) is 21.7 Å². The molecule has 0 unspecified atom stereocenters. The molecule has 2 aromatic heterocycles. The lowest BCUT2D eigenvalue weighted by Gasteiger charge is -2.13. The van der Waals surface area contributed by atoms with E-state index in [-0.39, 0.29) is 23.7 Å². The molecule has 0 radical (unpaired) electrons. The molecule has 27 heavy (non-hydrogen) atoms. The van der Waals surface area contributed by atoms with Crippen LogP contribution >= 0.6 is 23.2 Å². The Balaban J connectivity index is 2.25. The monoisotopic (exact) mass is 401 g/mol. The standard InChI is InChI=1S/C19H13Cl2N3O3/c1-3-16-17(19(26)27-2)24(10-12-7-14(25)4-5-15(12)21)18(23-16)11-6-13(20)9-22-8-11/h1,4-9,25H,10H2,2H3. The number of methoxy groups -OCH3 is 1. The number of ether oxygens (including phenoxy) is 1. The molecule has 8 heteroatoms. The number of rotatable bonds is 4. The zero-order valence-electron chi connectivity index (χ0n) is 14.1. The molecule has 0 aliphatic carbocycles. The van der Waals surface area contributed by atoms with Gasteiger partial charge in [-0.2, -0.15) is 0 Å². The number of terminal acetylenes is 1. The number of esters is 1. The molecular formula is C19H13Cl2N3O3. The SMILES string of the molecule is C#Cc1nc(-c2cncc(Cl)c2)n(Cc2cc(O)ccc2Cl)c1C(=O)OC. The van der Waals surface area contributed by atoms with E-state index in [0.29, 0.717) is 27.0 Å². The van der Waals surface area contributed by atoms with Crippen LogP contribution in [0, 0.1) is 12.3 Å². The molecule has 0 aliphatic heterocycles. The second-order valence-corrected chi connectivity index (χ2v) is 6.37. The largest absolute Gasteiger partial charge is 0.508 e. The van der Waals surface area contributed by atoms with Crippen molar-refractivity contribution in [3.8, 4) is 29.5 Å². The number of hydrogen-bond donors (Lipinski definition) is 1. The summed E-state index contributed by atoms with van der Waals surface area (Å²) in [7, 11) is 1.25. The van der Waals surface area contributed by atoms with Gasteiger partial charge in [-0.3, -0.25) is 4.98 Å². The van der Waals surface area contributed by atoms with Crippen LogP contribution in [0.15, 0.2) is 36.7 Å². The molecule has 0 saturated carbocycles. The van der Waals surface area contributed by atoms with Gasteiger partial charge in [0.1, 0.15) is 17.3 Å². The summed E-state index contributed by atoms with van der Waals surface area (Å²) >= 11 is 12.3. The van der Waals surface area contributed by atoms with Crippen molar-refractivity contribution in [2.45, 2.75) is 6.54 Å². The van der Waals surface area contributed by atoms with E-state index in [1.54, 1.807) is 22.9 Å². The van der Waals surface area contributed by atoms with Crippen LogP contribution in [-0.4, -0.2) is 32.7 Å². The average Bonchev–Trinajstić information content (AvgIpc) is 3.02. The first-order valence-corrected chi connectivity index (χ1v) is 8.44. The number of hydrogen-bond acceptors (Lipinski definition) is 5. The summed E-state index contributed by atoms with van der Waals surface area (Å²) < 4.78 is 6.43. The molecule has 6 nitrogen and oxygen atoms in total. The number of aromatic nitrogens is 3. The Bertz CT molecular complexity index is 1070. The normalized spacial score (nSPS) is 10.4. The smallest absolute Gasteiger partial charge is 0.357 e. The highest BCUT2D eigenvalue weighted by Gasteiger charge is 2.24. The summed E-state index contributed by atoms with van der Waals surface area (Å²) in [6.45, 7) is 0.119. The van der Waals surface area contributed by atoms with Crippen LogP contribution in [0.5, 0.6) is 5.75 Å². The predicted octanol–water partition coefficient (Wildman–Crippen LogP) is 3.77. The number of imidazole rings is 1. The van der Waals surface area contributed by atoms with Crippen molar-refractivity contribution >= 4 is 29.2 Å². The van der Waals surface area contributed by atoms with Gasteiger partial charge in [-0.15, -0.1) is 6.42 Å². The summed E-state index contributed by atoms with van der Waals surface area (Å²) in [6.07, 6.45) is 8.57. The van der Waals surface area contributed by atoms with E-state index >= 15 is 0 Å². The maximum Gasteiger partial charge on any atom is 0.357 e. The molecule has 1 aromatic carbocycles.